The summed E-state index contributed by atoms with van der Waals surface area (Å²) in [5.74, 6) is 0.621. The van der Waals surface area contributed by atoms with Crippen LogP contribution in [0, 0.1) is 0 Å². The summed E-state index contributed by atoms with van der Waals surface area (Å²) >= 11 is 0. The summed E-state index contributed by atoms with van der Waals surface area (Å²) in [6.07, 6.45) is 2.72. The van der Waals surface area contributed by atoms with Gasteiger partial charge in [-0.1, -0.05) is 18.2 Å². The number of benzene rings is 2. The molecule has 3 N–H and O–H groups in total. The first kappa shape index (κ1) is 19.1. The summed E-state index contributed by atoms with van der Waals surface area (Å²) in [5, 5.41) is 16.5. The molecular formula is C21H22N2O6. The molecule has 29 heavy (non-hydrogen) atoms. The van der Waals surface area contributed by atoms with Gasteiger partial charge in [-0.15, -0.1) is 0 Å². The lowest BCUT2D eigenvalue weighted by Gasteiger charge is -2.21. The molecule has 1 aliphatic heterocycles. The number of aryl methyl sites for hydroxylation is 1. The Hall–Kier alpha value is -3.26. The average molecular weight is 398 g/mol. The molecule has 0 radical (unpaired) electrons. The van der Waals surface area contributed by atoms with E-state index in [1.807, 2.05) is 12.1 Å². The van der Waals surface area contributed by atoms with Crippen LogP contribution in [0.4, 0.5) is 5.69 Å². The molecule has 152 valence electrons. The molecule has 0 saturated heterocycles. The van der Waals surface area contributed by atoms with Crippen LogP contribution >= 0.6 is 0 Å². The minimum atomic E-state index is -1.14. The third-order valence-corrected chi connectivity index (χ3v) is 4.87. The summed E-state index contributed by atoms with van der Waals surface area (Å²) in [4.78, 5) is 22.8. The van der Waals surface area contributed by atoms with E-state index in [9.17, 15) is 14.7 Å². The van der Waals surface area contributed by atoms with Crippen LogP contribution in [0.3, 0.4) is 0 Å². The minimum Gasteiger partial charge on any atom is -0.504 e. The number of phenolic OH excluding ortho intramolecular Hbond substituents is 1. The average Bonchev–Trinajstić information content (AvgIpc) is 2.73. The van der Waals surface area contributed by atoms with Gasteiger partial charge in [0.1, 0.15) is 12.4 Å². The van der Waals surface area contributed by atoms with Crippen LogP contribution in [0.15, 0.2) is 48.8 Å². The minimum absolute atomic E-state index is 0.0923. The first-order chi connectivity index (χ1) is 14.1. The van der Waals surface area contributed by atoms with Crippen molar-refractivity contribution in [1.29, 1.82) is 0 Å². The van der Waals surface area contributed by atoms with Crippen LogP contribution in [0.1, 0.15) is 17.5 Å². The van der Waals surface area contributed by atoms with Crippen molar-refractivity contribution in [3.05, 3.63) is 62.3 Å². The van der Waals surface area contributed by atoms with Crippen LogP contribution in [0.5, 0.6) is 11.5 Å². The van der Waals surface area contributed by atoms with Gasteiger partial charge in [-0.25, -0.2) is 9.59 Å². The summed E-state index contributed by atoms with van der Waals surface area (Å²) in [6.45, 7) is 2.71. The maximum Gasteiger partial charge on any atom is 0.423 e. The van der Waals surface area contributed by atoms with Crippen LogP contribution in [-0.4, -0.2) is 31.3 Å². The molecule has 3 aromatic rings. The molecule has 2 aromatic carbocycles. The number of phenols is 1. The molecule has 1 aliphatic rings. The Bertz CT molecular complexity index is 1130. The van der Waals surface area contributed by atoms with Crippen LogP contribution < -0.4 is 26.6 Å². The summed E-state index contributed by atoms with van der Waals surface area (Å²) in [5.41, 5.74) is 0.781. The Morgan fingerprint density at radius 2 is 1.90 bits per heavy atom. The van der Waals surface area contributed by atoms with Crippen LogP contribution in [-0.2, 0) is 12.8 Å². The van der Waals surface area contributed by atoms with Gasteiger partial charge >= 0.3 is 11.3 Å². The van der Waals surface area contributed by atoms with Gasteiger partial charge in [0.05, 0.1) is 5.69 Å². The number of para-hydroxylation sites is 1. The Labute approximate surface area is 166 Å². The van der Waals surface area contributed by atoms with Crippen molar-refractivity contribution >= 4 is 16.9 Å². The van der Waals surface area contributed by atoms with Gasteiger partial charge in [0.25, 0.3) is 0 Å². The second-order valence-electron chi connectivity index (χ2n) is 6.85. The molecule has 1 aromatic heterocycles. The van der Waals surface area contributed by atoms with Crippen molar-refractivity contribution in [3.63, 3.8) is 0 Å². The van der Waals surface area contributed by atoms with Crippen molar-refractivity contribution in [1.82, 2.24) is 5.32 Å². The third-order valence-electron chi connectivity index (χ3n) is 4.87. The van der Waals surface area contributed by atoms with Crippen molar-refractivity contribution in [2.75, 3.05) is 31.6 Å². The topological polar surface area (TPSA) is 114 Å². The fraction of sp³-hybridized carbons (Fsp3) is 0.333. The highest BCUT2D eigenvalue weighted by Crippen LogP contribution is 2.31. The second kappa shape index (κ2) is 8.40. The predicted molar refractivity (Wildman–Crippen MR) is 108 cm³/mol. The maximum atomic E-state index is 11.5. The molecule has 0 spiro atoms. The number of ether oxygens (including phenoxy) is 1. The maximum absolute atomic E-state index is 11.5. The van der Waals surface area contributed by atoms with Gasteiger partial charge in [-0.05, 0) is 43.5 Å². The van der Waals surface area contributed by atoms with Gasteiger partial charge in [-0.2, -0.15) is 0 Å². The number of nitrogens with one attached hydrogen (secondary N) is 2. The van der Waals surface area contributed by atoms with Gasteiger partial charge in [0.15, 0.2) is 11.3 Å². The molecule has 0 amide bonds. The molecule has 8 heteroatoms. The van der Waals surface area contributed by atoms with E-state index in [2.05, 4.69) is 16.7 Å². The van der Waals surface area contributed by atoms with Crippen molar-refractivity contribution in [3.8, 4) is 11.5 Å². The smallest absolute Gasteiger partial charge is 0.423 e. The number of fused-ring (bicyclic) bond motifs is 2. The largest absolute Gasteiger partial charge is 0.504 e. The van der Waals surface area contributed by atoms with Crippen molar-refractivity contribution in [2.45, 2.75) is 19.3 Å². The Morgan fingerprint density at radius 1 is 1.07 bits per heavy atom. The summed E-state index contributed by atoms with van der Waals surface area (Å²) in [7, 11) is 0. The Balaban J connectivity index is 1.32. The molecule has 4 rings (SSSR count). The molecule has 0 atom stereocenters. The highest BCUT2D eigenvalue weighted by Gasteiger charge is 2.14. The molecule has 8 nitrogen and oxygen atoms in total. The molecule has 0 bridgehead atoms. The molecule has 0 saturated carbocycles. The fourth-order valence-corrected chi connectivity index (χ4v) is 3.45. The number of rotatable bonds is 7. The fourth-order valence-electron chi connectivity index (χ4n) is 3.45. The second-order valence-corrected chi connectivity index (χ2v) is 6.85. The van der Waals surface area contributed by atoms with E-state index in [0.29, 0.717) is 31.7 Å². The van der Waals surface area contributed by atoms with E-state index >= 15 is 0 Å². The standard InChI is InChI=1S/C21H22N2O6/c24-15-7-6-14(18-19(15)29-21(26)20(25)28-18)8-10-22-11-12-27-16-5-1-3-13-4-2-9-23-17(13)16/h1,3,5-7,22-24H,2,4,8-12H2. The lowest BCUT2D eigenvalue weighted by Crippen LogP contribution is -2.24. The molecule has 0 fully saturated rings. The lowest BCUT2D eigenvalue weighted by atomic mass is 10.0. The number of hydrogen-bond donors (Lipinski definition) is 3. The van der Waals surface area contributed by atoms with E-state index in [1.165, 1.54) is 11.6 Å². The van der Waals surface area contributed by atoms with Gasteiger partial charge < -0.3 is 29.3 Å². The zero-order valence-electron chi connectivity index (χ0n) is 15.8. The SMILES string of the molecule is O=c1oc2c(O)ccc(CCNCCOc3cccc4c3NCCC4)c2oc1=O. The molecule has 0 unspecified atom stereocenters. The zero-order chi connectivity index (χ0) is 20.2. The van der Waals surface area contributed by atoms with Gasteiger partial charge in [0.2, 0.25) is 5.58 Å². The van der Waals surface area contributed by atoms with E-state index in [-0.39, 0.29) is 16.9 Å². The molecule has 0 aliphatic carbocycles. The van der Waals surface area contributed by atoms with Gasteiger partial charge in [0, 0.05) is 18.7 Å². The van der Waals surface area contributed by atoms with E-state index < -0.39 is 11.3 Å². The Morgan fingerprint density at radius 3 is 2.76 bits per heavy atom. The predicted octanol–water partition coefficient (Wildman–Crippen LogP) is 2.02. The van der Waals surface area contributed by atoms with E-state index in [4.69, 9.17) is 13.6 Å². The normalized spacial score (nSPS) is 13.1. The monoisotopic (exact) mass is 398 g/mol. The molecular weight excluding hydrogens is 376 g/mol. The van der Waals surface area contributed by atoms with Crippen molar-refractivity contribution < 1.29 is 18.7 Å². The Kier molecular flexibility index (Phi) is 5.53. The highest BCUT2D eigenvalue weighted by molar-refractivity contribution is 5.79. The van der Waals surface area contributed by atoms with E-state index in [0.717, 1.165) is 30.8 Å². The first-order valence-corrected chi connectivity index (χ1v) is 9.61. The zero-order valence-corrected chi connectivity index (χ0v) is 15.8. The lowest BCUT2D eigenvalue weighted by molar-refractivity contribution is 0.315. The quantitative estimate of drug-likeness (QED) is 0.409. The van der Waals surface area contributed by atoms with E-state index in [1.54, 1.807) is 6.07 Å². The summed E-state index contributed by atoms with van der Waals surface area (Å²) in [6, 6.07) is 9.15. The first-order valence-electron chi connectivity index (χ1n) is 9.61. The number of anilines is 1. The van der Waals surface area contributed by atoms with Crippen LogP contribution in [0.25, 0.3) is 11.2 Å². The number of aromatic hydroxyl groups is 1. The van der Waals surface area contributed by atoms with Crippen LogP contribution in [0.2, 0.25) is 0 Å². The highest BCUT2D eigenvalue weighted by atomic mass is 16.5. The third kappa shape index (κ3) is 4.12. The summed E-state index contributed by atoms with van der Waals surface area (Å²) < 4.78 is 15.8. The molecule has 2 heterocycles. The number of hydrogen-bond acceptors (Lipinski definition) is 8. The van der Waals surface area contributed by atoms with Gasteiger partial charge in [-0.3, -0.25) is 0 Å². The van der Waals surface area contributed by atoms with Crippen molar-refractivity contribution in [2.24, 2.45) is 0 Å².